The first-order valence-corrected chi connectivity index (χ1v) is 10.9. The average Bonchev–Trinajstić information content (AvgIpc) is 2.37. The Morgan fingerprint density at radius 3 is 2.50 bits per heavy atom. The van der Waals surface area contributed by atoms with Gasteiger partial charge in [-0.3, -0.25) is 4.79 Å². The third kappa shape index (κ3) is 4.50. The summed E-state index contributed by atoms with van der Waals surface area (Å²) in [6, 6.07) is 10.5. The second kappa shape index (κ2) is 7.00. The first-order valence-electron chi connectivity index (χ1n) is 6.29. The molecule has 1 aromatic carbocycles. The molecule has 0 aliphatic heterocycles. The molecule has 0 heterocycles. The van der Waals surface area contributed by atoms with Crippen molar-refractivity contribution < 1.29 is 4.79 Å². The highest BCUT2D eigenvalue weighted by molar-refractivity contribution is 7.98. The van der Waals surface area contributed by atoms with Crippen LogP contribution in [0.4, 0.5) is 0 Å². The summed E-state index contributed by atoms with van der Waals surface area (Å²) in [5.74, 6) is 1.17. The number of nitrogens with one attached hydrogen (secondary N) is 1. The van der Waals surface area contributed by atoms with E-state index >= 15 is 0 Å². The van der Waals surface area contributed by atoms with E-state index in [-0.39, 0.29) is 11.8 Å². The van der Waals surface area contributed by atoms with Crippen molar-refractivity contribution in [3.05, 3.63) is 30.3 Å². The van der Waals surface area contributed by atoms with Crippen LogP contribution >= 0.6 is 11.8 Å². The van der Waals surface area contributed by atoms with Crippen molar-refractivity contribution in [2.24, 2.45) is 5.92 Å². The molecule has 1 aromatic rings. The molecule has 18 heavy (non-hydrogen) atoms. The zero-order chi connectivity index (χ0) is 13.6. The number of thioether (sulfide) groups is 1. The molecule has 2 nitrogen and oxygen atoms in total. The van der Waals surface area contributed by atoms with Crippen LogP contribution in [0.3, 0.4) is 0 Å². The largest absolute Gasteiger partial charge is 0.358 e. The Balaban J connectivity index is 2.55. The molecular weight excluding hydrogens is 258 g/mol. The quantitative estimate of drug-likeness (QED) is 0.810. The maximum atomic E-state index is 11.9. The Hall–Kier alpha value is -0.743. The van der Waals surface area contributed by atoms with Crippen LogP contribution in [-0.2, 0) is 4.79 Å². The fourth-order valence-corrected chi connectivity index (χ4v) is 4.37. The van der Waals surface area contributed by atoms with Crippen LogP contribution in [0.1, 0.15) is 6.92 Å². The third-order valence-electron chi connectivity index (χ3n) is 3.12. The minimum Gasteiger partial charge on any atom is -0.358 e. The fraction of sp³-hybridized carbons (Fsp3) is 0.500. The highest BCUT2D eigenvalue weighted by Crippen LogP contribution is 2.06. The van der Waals surface area contributed by atoms with Gasteiger partial charge in [-0.2, -0.15) is 11.8 Å². The van der Waals surface area contributed by atoms with Gasteiger partial charge in [-0.1, -0.05) is 55.5 Å². The predicted molar refractivity (Wildman–Crippen MR) is 84.1 cm³/mol. The van der Waals surface area contributed by atoms with Crippen molar-refractivity contribution in [1.82, 2.24) is 5.32 Å². The fourth-order valence-electron chi connectivity index (χ4n) is 1.80. The van der Waals surface area contributed by atoms with Crippen molar-refractivity contribution in [3.8, 4) is 0 Å². The van der Waals surface area contributed by atoms with Gasteiger partial charge in [-0.15, -0.1) is 0 Å². The number of carbonyl (C=O) groups is 1. The molecule has 0 bridgehead atoms. The van der Waals surface area contributed by atoms with Crippen LogP contribution in [-0.4, -0.2) is 32.2 Å². The normalized spacial score (nSPS) is 13.1. The summed E-state index contributed by atoms with van der Waals surface area (Å²) in [6.07, 6.45) is 2.85. The molecule has 0 fully saturated rings. The number of benzene rings is 1. The van der Waals surface area contributed by atoms with Crippen molar-refractivity contribution in [2.75, 3.05) is 18.2 Å². The molecule has 1 N–H and O–H groups in total. The van der Waals surface area contributed by atoms with Gasteiger partial charge in [-0.25, -0.2) is 0 Å². The van der Waals surface area contributed by atoms with Gasteiger partial charge in [-0.05, 0) is 6.26 Å². The summed E-state index contributed by atoms with van der Waals surface area (Å²) < 4.78 is 0. The summed E-state index contributed by atoms with van der Waals surface area (Å²) in [4.78, 5) is 11.9. The number of rotatable bonds is 6. The average molecular weight is 281 g/mol. The highest BCUT2D eigenvalue weighted by atomic mass is 32.2. The van der Waals surface area contributed by atoms with Crippen LogP contribution in [0.5, 0.6) is 0 Å². The molecule has 4 heteroatoms. The Morgan fingerprint density at radius 1 is 1.33 bits per heavy atom. The van der Waals surface area contributed by atoms with Crippen LogP contribution < -0.4 is 10.5 Å². The monoisotopic (exact) mass is 281 g/mol. The van der Waals surface area contributed by atoms with E-state index in [2.05, 4.69) is 42.7 Å². The van der Waals surface area contributed by atoms with Crippen molar-refractivity contribution in [2.45, 2.75) is 20.0 Å². The molecule has 1 rings (SSSR count). The summed E-state index contributed by atoms with van der Waals surface area (Å²) in [5, 5.41) is 4.51. The zero-order valence-corrected chi connectivity index (χ0v) is 13.5. The van der Waals surface area contributed by atoms with Gasteiger partial charge in [0.25, 0.3) is 0 Å². The molecule has 0 aliphatic rings. The number of carbonyl (C=O) groups excluding carboxylic acids is 1. The lowest BCUT2D eigenvalue weighted by Gasteiger charge is -2.24. The van der Waals surface area contributed by atoms with E-state index < -0.39 is 8.07 Å². The smallest absolute Gasteiger partial charge is 0.223 e. The SMILES string of the molecule is CSC[C@@H](C)C(=O)NC[Si](C)(C)c1ccccc1. The van der Waals surface area contributed by atoms with E-state index in [1.165, 1.54) is 5.19 Å². The number of hydrogen-bond acceptors (Lipinski definition) is 2. The molecule has 1 amide bonds. The van der Waals surface area contributed by atoms with Gasteiger partial charge in [0.05, 0.1) is 0 Å². The minimum atomic E-state index is -1.55. The Bertz CT molecular complexity index is 381. The molecule has 0 aliphatic carbocycles. The van der Waals surface area contributed by atoms with Crippen LogP contribution in [0.25, 0.3) is 0 Å². The molecule has 0 unspecified atom stereocenters. The van der Waals surface area contributed by atoms with E-state index in [1.54, 1.807) is 11.8 Å². The number of hydrogen-bond donors (Lipinski definition) is 1. The summed E-state index contributed by atoms with van der Waals surface area (Å²) >= 11 is 1.72. The van der Waals surface area contributed by atoms with Gasteiger partial charge in [0, 0.05) is 17.8 Å². The second-order valence-electron chi connectivity index (χ2n) is 5.32. The van der Waals surface area contributed by atoms with Crippen molar-refractivity contribution in [1.29, 1.82) is 0 Å². The van der Waals surface area contributed by atoms with Gasteiger partial charge < -0.3 is 5.32 Å². The maximum Gasteiger partial charge on any atom is 0.223 e. The third-order valence-corrected chi connectivity index (χ3v) is 6.91. The Kier molecular flexibility index (Phi) is 5.95. The van der Waals surface area contributed by atoms with Crippen LogP contribution in [0, 0.1) is 5.92 Å². The summed E-state index contributed by atoms with van der Waals surface area (Å²) in [6.45, 7) is 6.58. The Morgan fingerprint density at radius 2 is 1.94 bits per heavy atom. The van der Waals surface area contributed by atoms with Crippen LogP contribution in [0.15, 0.2) is 30.3 Å². The second-order valence-corrected chi connectivity index (χ2v) is 10.9. The van der Waals surface area contributed by atoms with E-state index in [0.717, 1.165) is 11.9 Å². The number of amides is 1. The summed E-state index contributed by atoms with van der Waals surface area (Å²) in [5.41, 5.74) is 0. The van der Waals surface area contributed by atoms with Crippen LogP contribution in [0.2, 0.25) is 13.1 Å². The van der Waals surface area contributed by atoms with E-state index in [1.807, 2.05) is 19.2 Å². The van der Waals surface area contributed by atoms with Crippen molar-refractivity contribution in [3.63, 3.8) is 0 Å². The van der Waals surface area contributed by atoms with Gasteiger partial charge >= 0.3 is 0 Å². The lowest BCUT2D eigenvalue weighted by molar-refractivity contribution is -0.123. The highest BCUT2D eigenvalue weighted by Gasteiger charge is 2.24. The lowest BCUT2D eigenvalue weighted by atomic mass is 10.2. The molecule has 0 spiro atoms. The van der Waals surface area contributed by atoms with E-state index in [0.29, 0.717) is 0 Å². The topological polar surface area (TPSA) is 29.1 Å². The first kappa shape index (κ1) is 15.3. The first-order chi connectivity index (χ1) is 8.47. The maximum absolute atomic E-state index is 11.9. The van der Waals surface area contributed by atoms with Gasteiger partial charge in [0.15, 0.2) is 0 Å². The molecule has 0 radical (unpaired) electrons. The standard InChI is InChI=1S/C14H23NOSSi/c1-12(10-17-2)14(16)15-11-18(3,4)13-8-6-5-7-9-13/h5-9,12H,10-11H2,1-4H3,(H,15,16)/t12-/m1/s1. The van der Waals surface area contributed by atoms with Gasteiger partial charge in [0.2, 0.25) is 5.91 Å². The predicted octanol–water partition coefficient (Wildman–Crippen LogP) is 2.26. The molecule has 100 valence electrons. The lowest BCUT2D eigenvalue weighted by Crippen LogP contribution is -2.52. The molecular formula is C14H23NOSSi. The molecule has 0 saturated heterocycles. The van der Waals surface area contributed by atoms with Gasteiger partial charge in [0.1, 0.15) is 8.07 Å². The molecule has 0 aromatic heterocycles. The minimum absolute atomic E-state index is 0.0978. The summed E-state index contributed by atoms with van der Waals surface area (Å²) in [7, 11) is -1.55. The van der Waals surface area contributed by atoms with E-state index in [4.69, 9.17) is 0 Å². The molecule has 0 saturated carbocycles. The Labute approximate surface area is 116 Å². The molecule has 1 atom stereocenters. The van der Waals surface area contributed by atoms with E-state index in [9.17, 15) is 4.79 Å². The zero-order valence-electron chi connectivity index (χ0n) is 11.7. The van der Waals surface area contributed by atoms with Crippen molar-refractivity contribution >= 4 is 30.9 Å².